The van der Waals surface area contributed by atoms with Gasteiger partial charge in [0.05, 0.1) is 6.54 Å². The predicted octanol–water partition coefficient (Wildman–Crippen LogP) is 0.613. The average molecular weight is 303 g/mol. The molecule has 2 amide bonds. The zero-order chi connectivity index (χ0) is 15.4. The molecule has 0 atom stereocenters. The van der Waals surface area contributed by atoms with Crippen molar-refractivity contribution in [3.05, 3.63) is 35.4 Å². The van der Waals surface area contributed by atoms with Gasteiger partial charge < -0.3 is 10.1 Å². The third-order valence-corrected chi connectivity index (χ3v) is 4.14. The molecule has 0 aromatic heterocycles. The van der Waals surface area contributed by atoms with Crippen LogP contribution in [0.15, 0.2) is 24.3 Å². The van der Waals surface area contributed by atoms with Crippen molar-refractivity contribution in [3.8, 4) is 0 Å². The fourth-order valence-electron chi connectivity index (χ4n) is 2.90. The maximum absolute atomic E-state index is 11.8. The molecule has 22 heavy (non-hydrogen) atoms. The molecule has 1 fully saturated rings. The minimum absolute atomic E-state index is 0.0850. The maximum Gasteiger partial charge on any atom is 0.410 e. The summed E-state index contributed by atoms with van der Waals surface area (Å²) in [5.74, 6) is -0.128. The van der Waals surface area contributed by atoms with E-state index in [2.05, 4.69) is 34.5 Å². The Morgan fingerprint density at radius 3 is 2.82 bits per heavy atom. The number of carbonyl (C=O) groups is 2. The first-order valence-electron chi connectivity index (χ1n) is 7.70. The second-order valence-electron chi connectivity index (χ2n) is 5.68. The van der Waals surface area contributed by atoms with Crippen LogP contribution in [0.4, 0.5) is 4.79 Å². The molecule has 6 nitrogen and oxygen atoms in total. The van der Waals surface area contributed by atoms with Gasteiger partial charge in [0, 0.05) is 26.2 Å². The molecule has 0 aliphatic carbocycles. The van der Waals surface area contributed by atoms with Crippen LogP contribution in [0.5, 0.6) is 0 Å². The lowest BCUT2D eigenvalue weighted by Gasteiger charge is -2.28. The number of carbonyl (C=O) groups excluding carboxylic acids is 2. The minimum Gasteiger partial charge on any atom is -0.448 e. The van der Waals surface area contributed by atoms with Gasteiger partial charge in [-0.15, -0.1) is 0 Å². The quantitative estimate of drug-likeness (QED) is 0.866. The second kappa shape index (κ2) is 6.79. The van der Waals surface area contributed by atoms with Gasteiger partial charge in [0.15, 0.2) is 0 Å². The first kappa shape index (κ1) is 14.8. The molecule has 0 spiro atoms. The summed E-state index contributed by atoms with van der Waals surface area (Å²) in [6.45, 7) is 4.33. The van der Waals surface area contributed by atoms with E-state index in [0.29, 0.717) is 19.7 Å². The Balaban J connectivity index is 1.38. The number of cyclic esters (lactones) is 1. The highest BCUT2D eigenvalue weighted by atomic mass is 16.6. The zero-order valence-electron chi connectivity index (χ0n) is 12.6. The van der Waals surface area contributed by atoms with Crippen molar-refractivity contribution >= 4 is 12.0 Å². The SMILES string of the molecule is O=C(CN1CCOC1=O)NCCN1CCc2ccccc2C1. The number of fused-ring (bicyclic) bond motifs is 1. The van der Waals surface area contributed by atoms with Crippen LogP contribution in [0.2, 0.25) is 0 Å². The molecule has 6 heteroatoms. The van der Waals surface area contributed by atoms with E-state index in [1.807, 2.05) is 0 Å². The van der Waals surface area contributed by atoms with Crippen molar-refractivity contribution in [2.24, 2.45) is 0 Å². The summed E-state index contributed by atoms with van der Waals surface area (Å²) >= 11 is 0. The standard InChI is InChI=1S/C16H21N3O3/c20-15(12-19-9-10-22-16(19)21)17-6-8-18-7-5-13-3-1-2-4-14(13)11-18/h1-4H,5-12H2,(H,17,20). The van der Waals surface area contributed by atoms with Crippen molar-refractivity contribution in [2.45, 2.75) is 13.0 Å². The van der Waals surface area contributed by atoms with Crippen LogP contribution in [0.3, 0.4) is 0 Å². The van der Waals surface area contributed by atoms with Crippen LogP contribution in [0, 0.1) is 0 Å². The molecule has 2 aliphatic heterocycles. The average Bonchev–Trinajstić information content (AvgIpc) is 2.92. The third-order valence-electron chi connectivity index (χ3n) is 4.14. The Hall–Kier alpha value is -2.08. The van der Waals surface area contributed by atoms with Gasteiger partial charge in [0.1, 0.15) is 13.2 Å². The topological polar surface area (TPSA) is 61.9 Å². The molecule has 1 aromatic rings. The Bertz CT molecular complexity index is 561. The summed E-state index contributed by atoms with van der Waals surface area (Å²) in [7, 11) is 0. The second-order valence-corrected chi connectivity index (χ2v) is 5.68. The largest absolute Gasteiger partial charge is 0.448 e. The van der Waals surface area contributed by atoms with Gasteiger partial charge in [-0.05, 0) is 17.5 Å². The monoisotopic (exact) mass is 303 g/mol. The molecular weight excluding hydrogens is 282 g/mol. The first-order chi connectivity index (χ1) is 10.7. The van der Waals surface area contributed by atoms with Crippen molar-refractivity contribution in [1.82, 2.24) is 15.1 Å². The van der Waals surface area contributed by atoms with Crippen LogP contribution in [0.1, 0.15) is 11.1 Å². The number of ether oxygens (including phenoxy) is 1. The van der Waals surface area contributed by atoms with Crippen LogP contribution in [-0.2, 0) is 22.5 Å². The van der Waals surface area contributed by atoms with E-state index in [4.69, 9.17) is 4.74 Å². The lowest BCUT2D eigenvalue weighted by molar-refractivity contribution is -0.121. The molecule has 2 heterocycles. The van der Waals surface area contributed by atoms with Gasteiger partial charge in [-0.1, -0.05) is 24.3 Å². The molecule has 0 unspecified atom stereocenters. The van der Waals surface area contributed by atoms with Crippen molar-refractivity contribution in [2.75, 3.05) is 39.3 Å². The van der Waals surface area contributed by atoms with Crippen LogP contribution in [0.25, 0.3) is 0 Å². The number of nitrogens with zero attached hydrogens (tertiary/aromatic N) is 2. The molecular formula is C16H21N3O3. The van der Waals surface area contributed by atoms with Crippen molar-refractivity contribution in [3.63, 3.8) is 0 Å². The highest BCUT2D eigenvalue weighted by molar-refractivity contribution is 5.82. The highest BCUT2D eigenvalue weighted by Crippen LogP contribution is 2.17. The summed E-state index contributed by atoms with van der Waals surface area (Å²) in [4.78, 5) is 26.8. The van der Waals surface area contributed by atoms with Crippen LogP contribution < -0.4 is 5.32 Å². The van der Waals surface area contributed by atoms with E-state index in [1.54, 1.807) is 0 Å². The normalized spacial score (nSPS) is 18.0. The summed E-state index contributed by atoms with van der Waals surface area (Å²) in [6.07, 6.45) is 0.659. The number of hydrogen-bond donors (Lipinski definition) is 1. The van der Waals surface area contributed by atoms with Gasteiger partial charge in [0.25, 0.3) is 0 Å². The maximum atomic E-state index is 11.8. The summed E-state index contributed by atoms with van der Waals surface area (Å²) in [5.41, 5.74) is 2.80. The Morgan fingerprint density at radius 2 is 2.05 bits per heavy atom. The predicted molar refractivity (Wildman–Crippen MR) is 81.4 cm³/mol. The van der Waals surface area contributed by atoms with Crippen LogP contribution in [-0.4, -0.2) is 61.1 Å². The molecule has 0 radical (unpaired) electrons. The first-order valence-corrected chi connectivity index (χ1v) is 7.70. The fourth-order valence-corrected chi connectivity index (χ4v) is 2.90. The summed E-state index contributed by atoms with van der Waals surface area (Å²) < 4.78 is 4.80. The highest BCUT2D eigenvalue weighted by Gasteiger charge is 2.24. The molecule has 2 aliphatic rings. The lowest BCUT2D eigenvalue weighted by atomic mass is 10.00. The van der Waals surface area contributed by atoms with Gasteiger partial charge in [-0.25, -0.2) is 4.79 Å². The van der Waals surface area contributed by atoms with E-state index in [-0.39, 0.29) is 12.5 Å². The number of nitrogens with one attached hydrogen (secondary N) is 1. The van der Waals surface area contributed by atoms with Gasteiger partial charge in [-0.3, -0.25) is 14.6 Å². The Kier molecular flexibility index (Phi) is 4.58. The Labute approximate surface area is 130 Å². The summed E-state index contributed by atoms with van der Waals surface area (Å²) in [5, 5.41) is 2.87. The zero-order valence-corrected chi connectivity index (χ0v) is 12.6. The molecule has 0 bridgehead atoms. The molecule has 3 rings (SSSR count). The number of hydrogen-bond acceptors (Lipinski definition) is 4. The minimum atomic E-state index is -0.400. The van der Waals surface area contributed by atoms with E-state index in [9.17, 15) is 9.59 Å². The van der Waals surface area contributed by atoms with E-state index >= 15 is 0 Å². The molecule has 1 N–H and O–H groups in total. The number of amides is 2. The van der Waals surface area contributed by atoms with Crippen LogP contribution >= 0.6 is 0 Å². The van der Waals surface area contributed by atoms with Gasteiger partial charge in [-0.2, -0.15) is 0 Å². The van der Waals surface area contributed by atoms with Gasteiger partial charge in [0.2, 0.25) is 5.91 Å². The van der Waals surface area contributed by atoms with Crippen molar-refractivity contribution < 1.29 is 14.3 Å². The molecule has 1 saturated heterocycles. The smallest absolute Gasteiger partial charge is 0.410 e. The number of rotatable bonds is 5. The number of benzene rings is 1. The molecule has 1 aromatic carbocycles. The lowest BCUT2D eigenvalue weighted by Crippen LogP contribution is -2.42. The van der Waals surface area contributed by atoms with E-state index in [1.165, 1.54) is 16.0 Å². The van der Waals surface area contributed by atoms with Gasteiger partial charge >= 0.3 is 6.09 Å². The van der Waals surface area contributed by atoms with Crippen molar-refractivity contribution in [1.29, 1.82) is 0 Å². The third kappa shape index (κ3) is 3.57. The Morgan fingerprint density at radius 1 is 1.23 bits per heavy atom. The summed E-state index contributed by atoms with van der Waals surface area (Å²) in [6, 6.07) is 8.50. The molecule has 118 valence electrons. The molecule has 0 saturated carbocycles. The van der Waals surface area contributed by atoms with E-state index < -0.39 is 6.09 Å². The van der Waals surface area contributed by atoms with E-state index in [0.717, 1.165) is 26.1 Å². The fraction of sp³-hybridized carbons (Fsp3) is 0.500.